The van der Waals surface area contributed by atoms with Crippen molar-refractivity contribution in [1.82, 2.24) is 4.90 Å². The van der Waals surface area contributed by atoms with E-state index in [1.165, 1.54) is 0 Å². The Hall–Kier alpha value is -1.26. The van der Waals surface area contributed by atoms with E-state index in [9.17, 15) is 0 Å². The highest BCUT2D eigenvalue weighted by Crippen LogP contribution is 2.32. The highest BCUT2D eigenvalue weighted by Gasteiger charge is 2.18. The number of nitrogens with zero attached hydrogens (tertiary/aromatic N) is 1. The van der Waals surface area contributed by atoms with Crippen LogP contribution in [0.25, 0.3) is 0 Å². The van der Waals surface area contributed by atoms with Crippen LogP contribution in [0.5, 0.6) is 11.5 Å². The van der Waals surface area contributed by atoms with Gasteiger partial charge in [-0.25, -0.2) is 0 Å². The van der Waals surface area contributed by atoms with Gasteiger partial charge in [0.25, 0.3) is 0 Å². The topological polar surface area (TPSA) is 30.9 Å². The molecular formula is C14H21NO3. The zero-order chi connectivity index (χ0) is 13.0. The second-order valence-electron chi connectivity index (χ2n) is 4.49. The summed E-state index contributed by atoms with van der Waals surface area (Å²) in [4.78, 5) is 2.36. The molecule has 0 aromatic heterocycles. The molecule has 0 bridgehead atoms. The third-order valence-electron chi connectivity index (χ3n) is 3.32. The maximum Gasteiger partial charge on any atom is 0.129 e. The van der Waals surface area contributed by atoms with E-state index >= 15 is 0 Å². The van der Waals surface area contributed by atoms with Crippen molar-refractivity contribution in [2.45, 2.75) is 13.5 Å². The molecule has 2 rings (SSSR count). The molecule has 0 unspecified atom stereocenters. The Kier molecular flexibility index (Phi) is 4.44. The normalized spacial score (nSPS) is 16.6. The van der Waals surface area contributed by atoms with Gasteiger partial charge in [0.15, 0.2) is 0 Å². The van der Waals surface area contributed by atoms with Crippen molar-refractivity contribution >= 4 is 0 Å². The van der Waals surface area contributed by atoms with Crippen LogP contribution in [0.4, 0.5) is 0 Å². The van der Waals surface area contributed by atoms with Gasteiger partial charge >= 0.3 is 0 Å². The Morgan fingerprint density at radius 1 is 1.17 bits per heavy atom. The summed E-state index contributed by atoms with van der Waals surface area (Å²) in [5.74, 6) is 1.82. The summed E-state index contributed by atoms with van der Waals surface area (Å²) in [5.41, 5.74) is 2.27. The fraction of sp³-hybridized carbons (Fsp3) is 0.571. The van der Waals surface area contributed by atoms with E-state index in [1.807, 2.05) is 12.1 Å². The first-order valence-corrected chi connectivity index (χ1v) is 6.27. The minimum atomic E-state index is 0.802. The van der Waals surface area contributed by atoms with Gasteiger partial charge in [-0.15, -0.1) is 0 Å². The summed E-state index contributed by atoms with van der Waals surface area (Å²) >= 11 is 0. The lowest BCUT2D eigenvalue weighted by Gasteiger charge is -2.28. The first kappa shape index (κ1) is 13.2. The van der Waals surface area contributed by atoms with Gasteiger partial charge in [-0.1, -0.05) is 6.07 Å². The number of morpholine rings is 1. The predicted molar refractivity (Wildman–Crippen MR) is 70.4 cm³/mol. The smallest absolute Gasteiger partial charge is 0.129 e. The third-order valence-corrected chi connectivity index (χ3v) is 3.32. The average molecular weight is 251 g/mol. The van der Waals surface area contributed by atoms with Crippen LogP contribution in [-0.2, 0) is 11.3 Å². The van der Waals surface area contributed by atoms with E-state index in [0.717, 1.165) is 55.5 Å². The second-order valence-corrected chi connectivity index (χ2v) is 4.49. The summed E-state index contributed by atoms with van der Waals surface area (Å²) in [7, 11) is 3.41. The van der Waals surface area contributed by atoms with Crippen LogP contribution in [0.2, 0.25) is 0 Å². The van der Waals surface area contributed by atoms with Crippen LogP contribution < -0.4 is 9.47 Å². The fourth-order valence-electron chi connectivity index (χ4n) is 2.33. The number of hydrogen-bond acceptors (Lipinski definition) is 4. The lowest BCUT2D eigenvalue weighted by atomic mass is 10.1. The zero-order valence-electron chi connectivity index (χ0n) is 11.4. The van der Waals surface area contributed by atoms with E-state index in [4.69, 9.17) is 14.2 Å². The Balaban J connectivity index is 2.25. The zero-order valence-corrected chi connectivity index (χ0v) is 11.4. The quantitative estimate of drug-likeness (QED) is 0.817. The number of hydrogen-bond donors (Lipinski definition) is 0. The predicted octanol–water partition coefficient (Wildman–Crippen LogP) is 1.84. The largest absolute Gasteiger partial charge is 0.496 e. The lowest BCUT2D eigenvalue weighted by molar-refractivity contribution is 0.0335. The van der Waals surface area contributed by atoms with Crippen molar-refractivity contribution in [2.24, 2.45) is 0 Å². The molecule has 1 saturated heterocycles. The number of rotatable bonds is 4. The molecule has 0 atom stereocenters. The standard InChI is InChI=1S/C14H21NO3/c1-11-4-5-13(16-2)12(14(11)17-3)10-15-6-8-18-9-7-15/h4-5H,6-10H2,1-3H3. The van der Waals surface area contributed by atoms with E-state index in [2.05, 4.69) is 11.8 Å². The molecule has 1 aromatic carbocycles. The summed E-state index contributed by atoms with van der Waals surface area (Å²) < 4.78 is 16.3. The number of methoxy groups -OCH3 is 2. The van der Waals surface area contributed by atoms with E-state index in [0.29, 0.717) is 0 Å². The molecule has 0 radical (unpaired) electrons. The first-order valence-electron chi connectivity index (χ1n) is 6.27. The highest BCUT2D eigenvalue weighted by molar-refractivity contribution is 5.49. The molecule has 0 saturated carbocycles. The van der Waals surface area contributed by atoms with Crippen molar-refractivity contribution < 1.29 is 14.2 Å². The number of aryl methyl sites for hydroxylation is 1. The molecule has 1 aliphatic rings. The number of ether oxygens (including phenoxy) is 3. The molecule has 18 heavy (non-hydrogen) atoms. The van der Waals surface area contributed by atoms with E-state index in [-0.39, 0.29) is 0 Å². The van der Waals surface area contributed by atoms with Crippen LogP contribution in [-0.4, -0.2) is 45.4 Å². The van der Waals surface area contributed by atoms with Crippen LogP contribution in [0.15, 0.2) is 12.1 Å². The Bertz CT molecular complexity index is 400. The Labute approximate surface area is 108 Å². The van der Waals surface area contributed by atoms with Crippen LogP contribution in [0.1, 0.15) is 11.1 Å². The maximum absolute atomic E-state index is 5.52. The molecule has 4 heteroatoms. The molecule has 0 aliphatic carbocycles. The summed E-state index contributed by atoms with van der Waals surface area (Å²) in [5, 5.41) is 0. The molecule has 1 aliphatic heterocycles. The van der Waals surface area contributed by atoms with Gasteiger partial charge in [0.1, 0.15) is 11.5 Å². The van der Waals surface area contributed by atoms with E-state index < -0.39 is 0 Å². The monoisotopic (exact) mass is 251 g/mol. The van der Waals surface area contributed by atoms with Gasteiger partial charge in [-0.05, 0) is 18.6 Å². The van der Waals surface area contributed by atoms with Crippen molar-refractivity contribution in [3.05, 3.63) is 23.3 Å². The summed E-state index contributed by atoms with van der Waals surface area (Å²) in [6.07, 6.45) is 0. The fourth-order valence-corrected chi connectivity index (χ4v) is 2.33. The molecule has 100 valence electrons. The van der Waals surface area contributed by atoms with Crippen molar-refractivity contribution in [2.75, 3.05) is 40.5 Å². The van der Waals surface area contributed by atoms with Crippen LogP contribution in [0, 0.1) is 6.92 Å². The second kappa shape index (κ2) is 6.07. The SMILES string of the molecule is COc1ccc(C)c(OC)c1CN1CCOCC1. The van der Waals surface area contributed by atoms with Gasteiger partial charge < -0.3 is 14.2 Å². The molecule has 1 heterocycles. The average Bonchev–Trinajstić information content (AvgIpc) is 2.40. The first-order chi connectivity index (χ1) is 8.76. The van der Waals surface area contributed by atoms with E-state index in [1.54, 1.807) is 14.2 Å². The van der Waals surface area contributed by atoms with Crippen molar-refractivity contribution in [1.29, 1.82) is 0 Å². The molecular weight excluding hydrogens is 230 g/mol. The lowest BCUT2D eigenvalue weighted by Crippen LogP contribution is -2.35. The minimum Gasteiger partial charge on any atom is -0.496 e. The minimum absolute atomic E-state index is 0.802. The van der Waals surface area contributed by atoms with Gasteiger partial charge in [-0.3, -0.25) is 4.90 Å². The van der Waals surface area contributed by atoms with Gasteiger partial charge in [0.05, 0.1) is 33.0 Å². The summed E-state index contributed by atoms with van der Waals surface area (Å²) in [6.45, 7) is 6.42. The van der Waals surface area contributed by atoms with Gasteiger partial charge in [0, 0.05) is 19.6 Å². The molecule has 1 fully saturated rings. The molecule has 0 spiro atoms. The van der Waals surface area contributed by atoms with Crippen LogP contribution >= 0.6 is 0 Å². The van der Waals surface area contributed by atoms with Crippen molar-refractivity contribution in [3.63, 3.8) is 0 Å². The molecule has 1 aromatic rings. The molecule has 4 nitrogen and oxygen atoms in total. The Morgan fingerprint density at radius 3 is 2.50 bits per heavy atom. The van der Waals surface area contributed by atoms with Crippen LogP contribution in [0.3, 0.4) is 0 Å². The van der Waals surface area contributed by atoms with Crippen molar-refractivity contribution in [3.8, 4) is 11.5 Å². The molecule has 0 amide bonds. The highest BCUT2D eigenvalue weighted by atomic mass is 16.5. The maximum atomic E-state index is 5.52. The third kappa shape index (κ3) is 2.76. The molecule has 0 N–H and O–H groups in total. The Morgan fingerprint density at radius 2 is 1.89 bits per heavy atom. The number of benzene rings is 1. The van der Waals surface area contributed by atoms with Gasteiger partial charge in [-0.2, -0.15) is 0 Å². The van der Waals surface area contributed by atoms with Gasteiger partial charge in [0.2, 0.25) is 0 Å². The summed E-state index contributed by atoms with van der Waals surface area (Å²) in [6, 6.07) is 4.04.